The van der Waals surface area contributed by atoms with Crippen LogP contribution in [0, 0.1) is 0 Å². The number of hydrogen-bond donors (Lipinski definition) is 1. The second kappa shape index (κ2) is 11.1. The average Bonchev–Trinajstić information content (AvgIpc) is 3.35. The van der Waals surface area contributed by atoms with E-state index in [4.69, 9.17) is 9.47 Å². The van der Waals surface area contributed by atoms with Crippen LogP contribution in [0.3, 0.4) is 0 Å². The van der Waals surface area contributed by atoms with E-state index in [-0.39, 0.29) is 23.5 Å². The highest BCUT2D eigenvalue weighted by Crippen LogP contribution is 2.19. The number of esters is 1. The Morgan fingerprint density at radius 1 is 1.06 bits per heavy atom. The van der Waals surface area contributed by atoms with E-state index in [1.165, 1.54) is 40.5 Å². The molecule has 10 heteroatoms. The third-order valence-electron chi connectivity index (χ3n) is 4.75. The Morgan fingerprint density at radius 2 is 1.85 bits per heavy atom. The molecule has 3 rings (SSSR count). The molecule has 2 aromatic carbocycles. The highest BCUT2D eigenvalue weighted by molar-refractivity contribution is 7.89. The molecular formula is C23H24N2O6S2. The number of rotatable bonds is 10. The first-order chi connectivity index (χ1) is 15.8. The second-order valence-electron chi connectivity index (χ2n) is 7.07. The van der Waals surface area contributed by atoms with Crippen LogP contribution in [0.4, 0.5) is 0 Å². The lowest BCUT2D eigenvalue weighted by atomic mass is 10.2. The first-order valence-corrected chi connectivity index (χ1v) is 12.3. The fraction of sp³-hybridized carbons (Fsp3) is 0.217. The highest BCUT2D eigenvalue weighted by atomic mass is 32.2. The summed E-state index contributed by atoms with van der Waals surface area (Å²) in [6.45, 7) is -0.0379. The maximum absolute atomic E-state index is 12.6. The van der Waals surface area contributed by atoms with Gasteiger partial charge in [-0.05, 0) is 35.7 Å². The molecule has 0 atom stereocenters. The van der Waals surface area contributed by atoms with Gasteiger partial charge in [-0.1, -0.05) is 30.3 Å². The van der Waals surface area contributed by atoms with Gasteiger partial charge < -0.3 is 14.4 Å². The van der Waals surface area contributed by atoms with Gasteiger partial charge in [0.25, 0.3) is 5.91 Å². The number of ether oxygens (including phenoxy) is 2. The maximum atomic E-state index is 12.6. The number of nitrogens with zero attached hydrogens (tertiary/aromatic N) is 1. The molecule has 0 bridgehead atoms. The number of para-hydroxylation sites is 1. The quantitative estimate of drug-likeness (QED) is 0.440. The number of carbonyl (C=O) groups excluding carboxylic acids is 2. The largest absolute Gasteiger partial charge is 0.496 e. The lowest BCUT2D eigenvalue weighted by Crippen LogP contribution is -2.31. The summed E-state index contributed by atoms with van der Waals surface area (Å²) in [6, 6.07) is 16.5. The van der Waals surface area contributed by atoms with Gasteiger partial charge in [-0.25, -0.2) is 17.9 Å². The predicted octanol–water partition coefficient (Wildman–Crippen LogP) is 3.05. The smallest absolute Gasteiger partial charge is 0.338 e. The van der Waals surface area contributed by atoms with Crippen molar-refractivity contribution in [3.05, 3.63) is 82.0 Å². The number of carbonyl (C=O) groups is 2. The molecule has 0 fully saturated rings. The molecule has 0 aliphatic carbocycles. The molecule has 1 amide bonds. The zero-order chi connectivity index (χ0) is 23.8. The van der Waals surface area contributed by atoms with Gasteiger partial charge in [0.2, 0.25) is 10.0 Å². The number of amides is 1. The number of likely N-dealkylation sites (N-methyl/N-ethyl adjacent to an activating group) is 1. The number of sulfonamides is 1. The molecule has 0 saturated carbocycles. The molecular weight excluding hydrogens is 464 g/mol. The van der Waals surface area contributed by atoms with Crippen molar-refractivity contribution in [2.45, 2.75) is 18.0 Å². The van der Waals surface area contributed by atoms with Gasteiger partial charge in [-0.2, -0.15) is 0 Å². The van der Waals surface area contributed by atoms with Crippen LogP contribution >= 0.6 is 11.3 Å². The first-order valence-electron chi connectivity index (χ1n) is 9.95. The molecule has 1 N–H and O–H groups in total. The molecule has 33 heavy (non-hydrogen) atoms. The standard InChI is InChI=1S/C23H24N2O6S2/c1-25(15-18-7-3-4-11-21(18)30-2)22(26)16-31-23(27)17-8-5-10-20(13-17)33(28,29)24-14-19-9-6-12-32-19/h3-13,24H,14-16H2,1-2H3. The van der Waals surface area contributed by atoms with Gasteiger partial charge in [0.05, 0.1) is 17.6 Å². The summed E-state index contributed by atoms with van der Waals surface area (Å²) in [4.78, 5) is 27.1. The minimum Gasteiger partial charge on any atom is -0.496 e. The lowest BCUT2D eigenvalue weighted by Gasteiger charge is -2.18. The minimum absolute atomic E-state index is 0.0363. The third-order valence-corrected chi connectivity index (χ3v) is 7.02. The van der Waals surface area contributed by atoms with E-state index in [1.54, 1.807) is 20.2 Å². The van der Waals surface area contributed by atoms with Gasteiger partial charge in [0, 0.05) is 30.6 Å². The summed E-state index contributed by atoms with van der Waals surface area (Å²) in [7, 11) is -0.674. The minimum atomic E-state index is -3.82. The van der Waals surface area contributed by atoms with Gasteiger partial charge >= 0.3 is 5.97 Å². The van der Waals surface area contributed by atoms with Crippen LogP contribution in [-0.2, 0) is 32.6 Å². The Bertz CT molecular complexity index is 1210. The summed E-state index contributed by atoms with van der Waals surface area (Å²) >= 11 is 1.44. The number of thiophene rings is 1. The Hall–Kier alpha value is -3.21. The molecule has 0 spiro atoms. The van der Waals surface area contributed by atoms with Crippen molar-refractivity contribution < 1.29 is 27.5 Å². The van der Waals surface area contributed by atoms with Crippen LogP contribution in [-0.4, -0.2) is 46.0 Å². The number of methoxy groups -OCH3 is 1. The Labute approximate surface area is 196 Å². The van der Waals surface area contributed by atoms with Crippen molar-refractivity contribution in [1.82, 2.24) is 9.62 Å². The molecule has 3 aromatic rings. The average molecular weight is 489 g/mol. The van der Waals surface area contributed by atoms with Gasteiger partial charge in [0.1, 0.15) is 5.75 Å². The Morgan fingerprint density at radius 3 is 2.58 bits per heavy atom. The summed E-state index contributed by atoms with van der Waals surface area (Å²) in [6.07, 6.45) is 0. The van der Waals surface area contributed by atoms with Crippen LogP contribution in [0.25, 0.3) is 0 Å². The van der Waals surface area contributed by atoms with Crippen LogP contribution in [0.5, 0.6) is 5.75 Å². The molecule has 174 valence electrons. The topological polar surface area (TPSA) is 102 Å². The molecule has 0 radical (unpaired) electrons. The van der Waals surface area contributed by atoms with Crippen LogP contribution in [0.1, 0.15) is 20.8 Å². The van der Waals surface area contributed by atoms with Crippen molar-refractivity contribution in [2.24, 2.45) is 0 Å². The van der Waals surface area contributed by atoms with E-state index in [9.17, 15) is 18.0 Å². The van der Waals surface area contributed by atoms with E-state index in [1.807, 2.05) is 35.7 Å². The molecule has 1 heterocycles. The molecule has 8 nitrogen and oxygen atoms in total. The van der Waals surface area contributed by atoms with E-state index < -0.39 is 28.5 Å². The predicted molar refractivity (Wildman–Crippen MR) is 125 cm³/mol. The maximum Gasteiger partial charge on any atom is 0.338 e. The van der Waals surface area contributed by atoms with Crippen molar-refractivity contribution in [1.29, 1.82) is 0 Å². The highest BCUT2D eigenvalue weighted by Gasteiger charge is 2.19. The van der Waals surface area contributed by atoms with E-state index >= 15 is 0 Å². The van der Waals surface area contributed by atoms with Gasteiger partial charge in [-0.15, -0.1) is 11.3 Å². The van der Waals surface area contributed by atoms with E-state index in [0.717, 1.165) is 10.4 Å². The Balaban J connectivity index is 1.58. The zero-order valence-corrected chi connectivity index (χ0v) is 19.8. The summed E-state index contributed by atoms with van der Waals surface area (Å²) in [5.74, 6) is -0.542. The second-order valence-corrected chi connectivity index (χ2v) is 9.87. The number of hydrogen-bond acceptors (Lipinski definition) is 7. The zero-order valence-electron chi connectivity index (χ0n) is 18.2. The van der Waals surface area contributed by atoms with Gasteiger partial charge in [-0.3, -0.25) is 4.79 Å². The number of benzene rings is 2. The lowest BCUT2D eigenvalue weighted by molar-refractivity contribution is -0.133. The monoisotopic (exact) mass is 488 g/mol. The molecule has 1 aromatic heterocycles. The first kappa shape index (κ1) is 24.4. The fourth-order valence-electron chi connectivity index (χ4n) is 2.95. The summed E-state index contributed by atoms with van der Waals surface area (Å²) in [5, 5.41) is 1.86. The van der Waals surface area contributed by atoms with Crippen LogP contribution in [0.2, 0.25) is 0 Å². The fourth-order valence-corrected chi connectivity index (χ4v) is 4.74. The molecule has 0 saturated heterocycles. The van der Waals surface area contributed by atoms with Crippen molar-refractivity contribution in [3.8, 4) is 5.75 Å². The van der Waals surface area contributed by atoms with E-state index in [2.05, 4.69) is 4.72 Å². The third kappa shape index (κ3) is 6.64. The summed E-state index contributed by atoms with van der Waals surface area (Å²) < 4.78 is 38.0. The van der Waals surface area contributed by atoms with Crippen LogP contribution in [0.15, 0.2) is 70.9 Å². The van der Waals surface area contributed by atoms with Gasteiger partial charge in [0.15, 0.2) is 6.61 Å². The number of nitrogens with one attached hydrogen (secondary N) is 1. The summed E-state index contributed by atoms with van der Waals surface area (Å²) in [5.41, 5.74) is 0.851. The molecule has 0 aliphatic heterocycles. The van der Waals surface area contributed by atoms with Crippen molar-refractivity contribution in [2.75, 3.05) is 20.8 Å². The Kier molecular flexibility index (Phi) is 8.21. The van der Waals surface area contributed by atoms with Crippen molar-refractivity contribution >= 4 is 33.2 Å². The van der Waals surface area contributed by atoms with Crippen LogP contribution < -0.4 is 9.46 Å². The van der Waals surface area contributed by atoms with E-state index in [0.29, 0.717) is 5.75 Å². The SMILES string of the molecule is COc1ccccc1CN(C)C(=O)COC(=O)c1cccc(S(=O)(=O)NCc2cccs2)c1. The normalized spacial score (nSPS) is 11.1. The molecule has 0 aliphatic rings. The van der Waals surface area contributed by atoms with Crippen molar-refractivity contribution in [3.63, 3.8) is 0 Å². The molecule has 0 unspecified atom stereocenters.